The molecule has 3 amide bonds. The standard InChI is InChI=1S/C15H11Br2FN2O3/c16-9-5-6-13(10(17)7-9)23-8-14(21)20-15(22)19-12-4-2-1-3-11(12)18/h1-7H,8H2,(H2,19,20,21,22). The number of ether oxygens (including phenoxy) is 1. The first-order valence-corrected chi connectivity index (χ1v) is 7.97. The molecule has 0 saturated heterocycles. The second-order valence-corrected chi connectivity index (χ2v) is 6.12. The van der Waals surface area contributed by atoms with Gasteiger partial charge in [0.1, 0.15) is 11.6 Å². The highest BCUT2D eigenvalue weighted by Crippen LogP contribution is 2.28. The van der Waals surface area contributed by atoms with Crippen LogP contribution in [0.4, 0.5) is 14.9 Å². The van der Waals surface area contributed by atoms with Gasteiger partial charge in [-0.2, -0.15) is 0 Å². The third-order valence-corrected chi connectivity index (χ3v) is 3.74. The van der Waals surface area contributed by atoms with Gasteiger partial charge in [0.05, 0.1) is 10.2 Å². The van der Waals surface area contributed by atoms with E-state index in [0.717, 1.165) is 4.47 Å². The fourth-order valence-corrected chi connectivity index (χ4v) is 2.78. The summed E-state index contributed by atoms with van der Waals surface area (Å²) in [7, 11) is 0. The fourth-order valence-electron chi connectivity index (χ4n) is 1.61. The van der Waals surface area contributed by atoms with Gasteiger partial charge in [-0.1, -0.05) is 28.1 Å². The third kappa shape index (κ3) is 5.33. The Labute approximate surface area is 148 Å². The number of urea groups is 1. The highest BCUT2D eigenvalue weighted by Gasteiger charge is 2.11. The predicted molar refractivity (Wildman–Crippen MR) is 90.9 cm³/mol. The number of carbonyl (C=O) groups is 2. The van der Waals surface area contributed by atoms with Crippen LogP contribution in [0, 0.1) is 5.82 Å². The maximum atomic E-state index is 13.4. The molecule has 0 fully saturated rings. The smallest absolute Gasteiger partial charge is 0.326 e. The molecule has 0 aliphatic heterocycles. The average Bonchev–Trinajstić information content (AvgIpc) is 2.48. The molecule has 120 valence electrons. The minimum absolute atomic E-state index is 0.0191. The number of amides is 3. The van der Waals surface area contributed by atoms with Crippen molar-refractivity contribution in [2.24, 2.45) is 0 Å². The van der Waals surface area contributed by atoms with Gasteiger partial charge in [-0.25, -0.2) is 9.18 Å². The van der Waals surface area contributed by atoms with Crippen LogP contribution < -0.4 is 15.4 Å². The number of benzene rings is 2. The Morgan fingerprint density at radius 2 is 1.87 bits per heavy atom. The summed E-state index contributed by atoms with van der Waals surface area (Å²) in [6, 6.07) is 9.99. The molecule has 0 radical (unpaired) electrons. The van der Waals surface area contributed by atoms with Crippen LogP contribution in [0.25, 0.3) is 0 Å². The van der Waals surface area contributed by atoms with Gasteiger partial charge < -0.3 is 10.1 Å². The van der Waals surface area contributed by atoms with Gasteiger partial charge in [-0.15, -0.1) is 0 Å². The van der Waals surface area contributed by atoms with E-state index in [1.54, 1.807) is 24.3 Å². The minimum atomic E-state index is -0.835. The summed E-state index contributed by atoms with van der Waals surface area (Å²) in [6.45, 7) is -0.356. The molecule has 0 unspecified atom stereocenters. The van der Waals surface area contributed by atoms with Crippen LogP contribution in [0.1, 0.15) is 0 Å². The molecule has 0 aliphatic carbocycles. The molecular formula is C15H11Br2FN2O3. The maximum absolute atomic E-state index is 13.4. The van der Waals surface area contributed by atoms with Crippen LogP contribution in [-0.2, 0) is 4.79 Å². The van der Waals surface area contributed by atoms with E-state index in [1.807, 2.05) is 0 Å². The summed E-state index contributed by atoms with van der Waals surface area (Å²) < 4.78 is 20.2. The zero-order valence-corrected chi connectivity index (χ0v) is 14.8. The van der Waals surface area contributed by atoms with Gasteiger partial charge >= 0.3 is 6.03 Å². The van der Waals surface area contributed by atoms with Crippen LogP contribution in [0.2, 0.25) is 0 Å². The Kier molecular flexibility index (Phi) is 6.12. The van der Waals surface area contributed by atoms with Gasteiger partial charge in [0.15, 0.2) is 6.61 Å². The molecule has 0 aromatic heterocycles. The van der Waals surface area contributed by atoms with Crippen molar-refractivity contribution in [2.45, 2.75) is 0 Å². The van der Waals surface area contributed by atoms with E-state index in [4.69, 9.17) is 4.74 Å². The summed E-state index contributed by atoms with van der Waals surface area (Å²) in [5.41, 5.74) is -0.0191. The first-order chi connectivity index (χ1) is 11.0. The summed E-state index contributed by atoms with van der Waals surface area (Å²) in [6.07, 6.45) is 0. The van der Waals surface area contributed by atoms with Crippen LogP contribution in [0.3, 0.4) is 0 Å². The zero-order chi connectivity index (χ0) is 16.8. The number of imide groups is 1. The van der Waals surface area contributed by atoms with Gasteiger partial charge in [-0.05, 0) is 46.3 Å². The van der Waals surface area contributed by atoms with E-state index >= 15 is 0 Å². The minimum Gasteiger partial charge on any atom is -0.483 e. The average molecular weight is 446 g/mol. The molecule has 0 saturated carbocycles. The van der Waals surface area contributed by atoms with E-state index in [1.165, 1.54) is 18.2 Å². The normalized spacial score (nSPS) is 10.0. The Morgan fingerprint density at radius 1 is 1.13 bits per heavy atom. The van der Waals surface area contributed by atoms with Gasteiger partial charge in [-0.3, -0.25) is 10.1 Å². The number of halogens is 3. The van der Waals surface area contributed by atoms with Crippen molar-refractivity contribution in [1.82, 2.24) is 5.32 Å². The molecule has 0 bridgehead atoms. The number of anilines is 1. The lowest BCUT2D eigenvalue weighted by molar-refractivity contribution is -0.121. The third-order valence-electron chi connectivity index (χ3n) is 2.63. The molecule has 2 N–H and O–H groups in total. The first kappa shape index (κ1) is 17.4. The van der Waals surface area contributed by atoms with Crippen LogP contribution in [-0.4, -0.2) is 18.5 Å². The van der Waals surface area contributed by atoms with Gasteiger partial charge in [0.25, 0.3) is 5.91 Å². The van der Waals surface area contributed by atoms with E-state index in [2.05, 4.69) is 42.5 Å². The SMILES string of the molecule is O=C(COc1ccc(Br)cc1Br)NC(=O)Nc1ccccc1F. The first-order valence-electron chi connectivity index (χ1n) is 6.39. The monoisotopic (exact) mass is 444 g/mol. The van der Waals surface area contributed by atoms with Crippen molar-refractivity contribution < 1.29 is 18.7 Å². The number of hydrogen-bond acceptors (Lipinski definition) is 3. The maximum Gasteiger partial charge on any atom is 0.326 e. The quantitative estimate of drug-likeness (QED) is 0.745. The van der Waals surface area contributed by atoms with Crippen molar-refractivity contribution in [3.8, 4) is 5.75 Å². The van der Waals surface area contributed by atoms with Crippen LogP contribution in [0.5, 0.6) is 5.75 Å². The highest BCUT2D eigenvalue weighted by atomic mass is 79.9. The van der Waals surface area contributed by atoms with Crippen LogP contribution >= 0.6 is 31.9 Å². The largest absolute Gasteiger partial charge is 0.483 e. The van der Waals surface area contributed by atoms with E-state index in [-0.39, 0.29) is 12.3 Å². The van der Waals surface area contributed by atoms with Gasteiger partial charge in [0.2, 0.25) is 0 Å². The van der Waals surface area contributed by atoms with Crippen LogP contribution in [0.15, 0.2) is 51.4 Å². The topological polar surface area (TPSA) is 67.4 Å². The molecule has 0 aliphatic rings. The number of carbonyl (C=O) groups excluding carboxylic acids is 2. The molecule has 5 nitrogen and oxygen atoms in total. The molecule has 2 aromatic carbocycles. The van der Waals surface area contributed by atoms with E-state index < -0.39 is 17.8 Å². The van der Waals surface area contributed by atoms with Crippen molar-refractivity contribution in [3.63, 3.8) is 0 Å². The van der Waals surface area contributed by atoms with Crippen molar-refractivity contribution >= 4 is 49.5 Å². The molecule has 8 heteroatoms. The Morgan fingerprint density at radius 3 is 2.57 bits per heavy atom. The summed E-state index contributed by atoms with van der Waals surface area (Å²) in [5, 5.41) is 4.29. The zero-order valence-electron chi connectivity index (χ0n) is 11.6. The van der Waals surface area contributed by atoms with Crippen molar-refractivity contribution in [1.29, 1.82) is 0 Å². The van der Waals surface area contributed by atoms with E-state index in [0.29, 0.717) is 10.2 Å². The Balaban J connectivity index is 1.85. The second-order valence-electron chi connectivity index (χ2n) is 4.35. The lowest BCUT2D eigenvalue weighted by atomic mass is 10.3. The summed E-state index contributed by atoms with van der Waals surface area (Å²) in [5.74, 6) is -0.795. The molecule has 23 heavy (non-hydrogen) atoms. The molecular weight excluding hydrogens is 435 g/mol. The number of nitrogens with one attached hydrogen (secondary N) is 2. The van der Waals surface area contributed by atoms with Gasteiger partial charge in [0, 0.05) is 4.47 Å². The molecule has 0 heterocycles. The van der Waals surface area contributed by atoms with E-state index in [9.17, 15) is 14.0 Å². The second kappa shape index (κ2) is 8.07. The van der Waals surface area contributed by atoms with Crippen molar-refractivity contribution in [3.05, 3.63) is 57.2 Å². The lowest BCUT2D eigenvalue weighted by Crippen LogP contribution is -2.37. The number of rotatable bonds is 4. The fraction of sp³-hybridized carbons (Fsp3) is 0.0667. The number of para-hydroxylation sites is 1. The van der Waals surface area contributed by atoms with Crippen molar-refractivity contribution in [2.75, 3.05) is 11.9 Å². The molecule has 0 spiro atoms. The number of hydrogen-bond donors (Lipinski definition) is 2. The molecule has 0 atom stereocenters. The highest BCUT2D eigenvalue weighted by molar-refractivity contribution is 9.11. The Bertz CT molecular complexity index is 740. The predicted octanol–water partition coefficient (Wildman–Crippen LogP) is 4.08. The molecule has 2 rings (SSSR count). The summed E-state index contributed by atoms with van der Waals surface area (Å²) >= 11 is 6.59. The Hall–Kier alpha value is -1.93. The lowest BCUT2D eigenvalue weighted by Gasteiger charge is -2.09. The summed E-state index contributed by atoms with van der Waals surface area (Å²) in [4.78, 5) is 23.3. The molecule has 2 aromatic rings.